The van der Waals surface area contributed by atoms with Crippen LogP contribution in [0.15, 0.2) is 12.3 Å². The number of aliphatic hydroxyl groups is 2. The maximum absolute atomic E-state index is 13.1. The molecule has 6 heteroatoms. The van der Waals surface area contributed by atoms with Gasteiger partial charge in [-0.05, 0) is 6.07 Å². The van der Waals surface area contributed by atoms with E-state index in [-0.39, 0.29) is 24.0 Å². The molecule has 14 heavy (non-hydrogen) atoms. The van der Waals surface area contributed by atoms with Crippen LogP contribution in [0.1, 0.15) is 0 Å². The number of anilines is 1. The van der Waals surface area contributed by atoms with Gasteiger partial charge in [0.15, 0.2) is 11.6 Å². The maximum Gasteiger partial charge on any atom is 0.166 e. The average Bonchev–Trinajstić information content (AvgIpc) is 2.16. The number of aliphatic hydroxyl groups excluding tert-OH is 2. The Hall–Kier alpha value is -0.910. The van der Waals surface area contributed by atoms with E-state index in [1.807, 2.05) is 0 Å². The third-order valence-corrected chi connectivity index (χ3v) is 1.73. The second kappa shape index (κ2) is 5.09. The zero-order valence-electron chi connectivity index (χ0n) is 7.24. The minimum Gasteiger partial charge on any atom is -0.394 e. The number of hydrogen-bond donors (Lipinski definition) is 3. The monoisotopic (exact) mass is 220 g/mol. The predicted octanol–water partition coefficient (Wildman–Crippen LogP) is 0.639. The van der Waals surface area contributed by atoms with E-state index >= 15 is 0 Å². The molecule has 0 aliphatic carbocycles. The van der Waals surface area contributed by atoms with Crippen LogP contribution in [0.25, 0.3) is 0 Å². The van der Waals surface area contributed by atoms with Gasteiger partial charge >= 0.3 is 0 Å². The van der Waals surface area contributed by atoms with Gasteiger partial charge in [-0.3, -0.25) is 0 Å². The first-order chi connectivity index (χ1) is 6.63. The molecule has 0 saturated heterocycles. The van der Waals surface area contributed by atoms with Crippen LogP contribution in [0.4, 0.5) is 10.2 Å². The summed E-state index contributed by atoms with van der Waals surface area (Å²) in [7, 11) is 0. The summed E-state index contributed by atoms with van der Waals surface area (Å²) < 4.78 is 13.1. The minimum absolute atomic E-state index is 0.00176. The number of halogens is 2. The number of rotatable bonds is 4. The van der Waals surface area contributed by atoms with Crippen LogP contribution >= 0.6 is 11.6 Å². The van der Waals surface area contributed by atoms with Crippen LogP contribution in [0, 0.1) is 5.82 Å². The summed E-state index contributed by atoms with van der Waals surface area (Å²) in [5, 5.41) is 20.2. The first-order valence-corrected chi connectivity index (χ1v) is 4.35. The fraction of sp³-hybridized carbons (Fsp3) is 0.375. The molecule has 0 aliphatic heterocycles. The molecule has 3 N–H and O–H groups in total. The quantitative estimate of drug-likeness (QED) is 0.697. The summed E-state index contributed by atoms with van der Waals surface area (Å²) >= 11 is 5.49. The lowest BCUT2D eigenvalue weighted by Gasteiger charge is -2.09. The van der Waals surface area contributed by atoms with E-state index in [1.165, 1.54) is 6.20 Å². The van der Waals surface area contributed by atoms with Gasteiger partial charge in [0.05, 0.1) is 17.7 Å². The Labute approximate surface area is 85.4 Å². The fourth-order valence-corrected chi connectivity index (χ4v) is 0.968. The number of aromatic nitrogens is 1. The van der Waals surface area contributed by atoms with Crippen molar-refractivity contribution in [1.82, 2.24) is 4.98 Å². The Bertz CT molecular complexity index is 311. The summed E-state index contributed by atoms with van der Waals surface area (Å²) in [6, 6.07) is 1.11. The highest BCUT2D eigenvalue weighted by molar-refractivity contribution is 6.30. The Morgan fingerprint density at radius 3 is 2.93 bits per heavy atom. The molecule has 0 amide bonds. The van der Waals surface area contributed by atoms with Crippen molar-refractivity contribution in [2.75, 3.05) is 18.5 Å². The minimum atomic E-state index is -0.938. The van der Waals surface area contributed by atoms with Crippen LogP contribution in [0.3, 0.4) is 0 Å². The van der Waals surface area contributed by atoms with Gasteiger partial charge in [-0.2, -0.15) is 0 Å². The molecule has 0 bridgehead atoms. The summed E-state index contributed by atoms with van der Waals surface area (Å²) in [5.41, 5.74) is 0. The van der Waals surface area contributed by atoms with Gasteiger partial charge in [-0.15, -0.1) is 0 Å². The molecule has 0 radical (unpaired) electrons. The molecule has 0 fully saturated rings. The Kier molecular flexibility index (Phi) is 4.06. The fourth-order valence-electron chi connectivity index (χ4n) is 0.824. The lowest BCUT2D eigenvalue weighted by atomic mass is 10.3. The number of hydrogen-bond acceptors (Lipinski definition) is 4. The van der Waals surface area contributed by atoms with Crippen LogP contribution in [0.2, 0.25) is 5.02 Å². The molecule has 1 unspecified atom stereocenters. The summed E-state index contributed by atoms with van der Waals surface area (Å²) in [6.07, 6.45) is 0.352. The third kappa shape index (κ3) is 3.10. The van der Waals surface area contributed by atoms with Crippen molar-refractivity contribution in [2.24, 2.45) is 0 Å². The van der Waals surface area contributed by atoms with Crippen molar-refractivity contribution in [2.45, 2.75) is 6.10 Å². The van der Waals surface area contributed by atoms with Gasteiger partial charge < -0.3 is 15.5 Å². The van der Waals surface area contributed by atoms with E-state index in [2.05, 4.69) is 10.3 Å². The first kappa shape index (κ1) is 11.2. The lowest BCUT2D eigenvalue weighted by molar-refractivity contribution is 0.105. The predicted molar refractivity (Wildman–Crippen MR) is 50.8 cm³/mol. The summed E-state index contributed by atoms with van der Waals surface area (Å²) in [5.74, 6) is -0.593. The molecule has 1 rings (SSSR count). The van der Waals surface area contributed by atoms with Gasteiger partial charge in [0, 0.05) is 12.7 Å². The van der Waals surface area contributed by atoms with Crippen LogP contribution in [0.5, 0.6) is 0 Å². The molecule has 78 valence electrons. The topological polar surface area (TPSA) is 65.4 Å². The van der Waals surface area contributed by atoms with E-state index < -0.39 is 11.9 Å². The molecule has 0 saturated carbocycles. The van der Waals surface area contributed by atoms with Crippen molar-refractivity contribution < 1.29 is 14.6 Å². The van der Waals surface area contributed by atoms with Gasteiger partial charge in [0.2, 0.25) is 0 Å². The van der Waals surface area contributed by atoms with Gasteiger partial charge in [0.1, 0.15) is 0 Å². The summed E-state index contributed by atoms with van der Waals surface area (Å²) in [6.45, 7) is -0.357. The molecule has 4 nitrogen and oxygen atoms in total. The molecular weight excluding hydrogens is 211 g/mol. The standard InChI is InChI=1S/C8H10ClFN2O2/c9-5-1-7(10)8(11-2-5)12-3-6(14)4-13/h1-2,6,13-14H,3-4H2,(H,11,12). The number of pyridine rings is 1. The van der Waals surface area contributed by atoms with E-state index in [0.717, 1.165) is 6.07 Å². The first-order valence-electron chi connectivity index (χ1n) is 3.97. The van der Waals surface area contributed by atoms with Crippen molar-refractivity contribution in [3.05, 3.63) is 23.1 Å². The zero-order valence-corrected chi connectivity index (χ0v) is 8.00. The lowest BCUT2D eigenvalue weighted by Crippen LogP contribution is -2.23. The molecule has 0 spiro atoms. The normalized spacial score (nSPS) is 12.6. The van der Waals surface area contributed by atoms with E-state index in [0.29, 0.717) is 0 Å². The molecule has 0 aliphatic rings. The van der Waals surface area contributed by atoms with E-state index in [4.69, 9.17) is 21.8 Å². The Morgan fingerprint density at radius 2 is 2.36 bits per heavy atom. The number of nitrogens with zero attached hydrogens (tertiary/aromatic N) is 1. The van der Waals surface area contributed by atoms with Gasteiger partial charge in [-0.25, -0.2) is 9.37 Å². The molecule has 1 heterocycles. The SMILES string of the molecule is OCC(O)CNc1ncc(Cl)cc1F. The van der Waals surface area contributed by atoms with Crippen LogP contribution < -0.4 is 5.32 Å². The Balaban J connectivity index is 2.59. The Morgan fingerprint density at radius 1 is 1.64 bits per heavy atom. The van der Waals surface area contributed by atoms with Crippen molar-refractivity contribution in [3.8, 4) is 0 Å². The molecule has 1 aromatic heterocycles. The smallest absolute Gasteiger partial charge is 0.166 e. The van der Waals surface area contributed by atoms with E-state index in [9.17, 15) is 4.39 Å². The summed E-state index contributed by atoms with van der Waals surface area (Å²) in [4.78, 5) is 3.67. The van der Waals surface area contributed by atoms with E-state index in [1.54, 1.807) is 0 Å². The molecular formula is C8H10ClFN2O2. The van der Waals surface area contributed by atoms with Crippen molar-refractivity contribution in [1.29, 1.82) is 0 Å². The highest BCUT2D eigenvalue weighted by atomic mass is 35.5. The number of nitrogens with one attached hydrogen (secondary N) is 1. The third-order valence-electron chi connectivity index (χ3n) is 1.52. The second-order valence-electron chi connectivity index (χ2n) is 2.70. The largest absolute Gasteiger partial charge is 0.394 e. The van der Waals surface area contributed by atoms with Crippen LogP contribution in [-0.4, -0.2) is 34.5 Å². The highest BCUT2D eigenvalue weighted by Crippen LogP contribution is 2.15. The van der Waals surface area contributed by atoms with Crippen LogP contribution in [-0.2, 0) is 0 Å². The second-order valence-corrected chi connectivity index (χ2v) is 3.14. The van der Waals surface area contributed by atoms with Crippen molar-refractivity contribution >= 4 is 17.4 Å². The van der Waals surface area contributed by atoms with Crippen molar-refractivity contribution in [3.63, 3.8) is 0 Å². The van der Waals surface area contributed by atoms with Gasteiger partial charge in [0.25, 0.3) is 0 Å². The average molecular weight is 221 g/mol. The maximum atomic E-state index is 13.1. The molecule has 1 aromatic rings. The molecule has 1 atom stereocenters. The zero-order chi connectivity index (χ0) is 10.6. The molecule has 0 aromatic carbocycles. The highest BCUT2D eigenvalue weighted by Gasteiger charge is 2.06. The van der Waals surface area contributed by atoms with Gasteiger partial charge in [-0.1, -0.05) is 11.6 Å².